The Kier molecular flexibility index (Phi) is 9.30. The molecule has 4 N–H and O–H groups in total. The van der Waals surface area contributed by atoms with Crippen LogP contribution in [0.5, 0.6) is 0 Å². The zero-order valence-electron chi connectivity index (χ0n) is 28.9. The molecule has 5 aromatic heterocycles. The first kappa shape index (κ1) is 34.7. The maximum atomic E-state index is 12.7. The maximum Gasteiger partial charge on any atom is 0.290 e. The van der Waals surface area contributed by atoms with E-state index in [1.807, 2.05) is 93.0 Å². The molecule has 0 saturated carbocycles. The van der Waals surface area contributed by atoms with Gasteiger partial charge in [0.25, 0.3) is 17.6 Å². The van der Waals surface area contributed by atoms with Crippen LogP contribution in [0.1, 0.15) is 5.56 Å². The van der Waals surface area contributed by atoms with Crippen LogP contribution < -0.4 is 16.9 Å². The van der Waals surface area contributed by atoms with Crippen molar-refractivity contribution in [3.63, 3.8) is 0 Å². The summed E-state index contributed by atoms with van der Waals surface area (Å²) in [5, 5.41) is 24.6. The van der Waals surface area contributed by atoms with Crippen LogP contribution >= 0.6 is 0 Å². The standard InChI is InChI=1S/C20H14N4O2.C19H16N4O2.CH2O2/c1-23-16-5-3-2-4-15(16)19-17(23)10-11-18(25)24(19)14-8-6-13(7-9-14)20-21-12-26-22-20;1-22-15-5-3-2-4-14(15)18-16(22)10-11-17(24)23(18)13-8-6-12(7-9-13)19(20)21-25;2-1-3/h2-12H,1H3;2-11,25H,1H3,(H2,20,21);1H,(H,2,3). The van der Waals surface area contributed by atoms with E-state index in [9.17, 15) is 9.59 Å². The van der Waals surface area contributed by atoms with Gasteiger partial charge in [-0.25, -0.2) is 0 Å². The van der Waals surface area contributed by atoms with E-state index in [0.717, 1.165) is 60.8 Å². The second-order valence-corrected chi connectivity index (χ2v) is 12.1. The second kappa shape index (κ2) is 14.5. The SMILES string of the molecule is Cn1c2ccccc2c2c1ccc(=O)n2-c1ccc(-c2ncon2)cc1.Cn1c2ccccc2c2c1ccc(=O)n2-c1ccc(/C(N)=N/O)cc1.O=CO. The molecule has 268 valence electrons. The number of aromatic nitrogens is 6. The van der Waals surface area contributed by atoms with Crippen LogP contribution in [0.2, 0.25) is 0 Å². The number of pyridine rings is 2. The Morgan fingerprint density at radius 3 is 1.59 bits per heavy atom. The first-order valence-electron chi connectivity index (χ1n) is 16.5. The lowest BCUT2D eigenvalue weighted by Crippen LogP contribution is -2.18. The van der Waals surface area contributed by atoms with Crippen molar-refractivity contribution in [1.29, 1.82) is 0 Å². The lowest BCUT2D eigenvalue weighted by atomic mass is 10.1. The summed E-state index contributed by atoms with van der Waals surface area (Å²) < 4.78 is 12.4. The summed E-state index contributed by atoms with van der Waals surface area (Å²) in [6.07, 6.45) is 1.30. The minimum absolute atomic E-state index is 0.0299. The average Bonchev–Trinajstić information content (AvgIpc) is 3.92. The Morgan fingerprint density at radius 1 is 0.685 bits per heavy atom. The number of hydrogen-bond donors (Lipinski definition) is 3. The number of carbonyl (C=O) groups is 1. The zero-order valence-corrected chi connectivity index (χ0v) is 28.9. The Hall–Kier alpha value is -7.74. The summed E-state index contributed by atoms with van der Waals surface area (Å²) in [5.74, 6) is 0.550. The molecule has 0 unspecified atom stereocenters. The molecular formula is C40H32N8O6. The van der Waals surface area contributed by atoms with Crippen LogP contribution in [0.15, 0.2) is 147 Å². The van der Waals surface area contributed by atoms with Crippen molar-refractivity contribution in [2.75, 3.05) is 0 Å². The van der Waals surface area contributed by atoms with Gasteiger partial charge in [0.2, 0.25) is 12.2 Å². The van der Waals surface area contributed by atoms with Crippen LogP contribution in [-0.2, 0) is 18.9 Å². The third-order valence-electron chi connectivity index (χ3n) is 9.18. The van der Waals surface area contributed by atoms with Crippen molar-refractivity contribution in [2.24, 2.45) is 25.0 Å². The van der Waals surface area contributed by atoms with Crippen molar-refractivity contribution < 1.29 is 19.6 Å². The molecule has 0 aliphatic heterocycles. The Labute approximate surface area is 305 Å². The maximum absolute atomic E-state index is 12.7. The summed E-state index contributed by atoms with van der Waals surface area (Å²) in [6, 6.07) is 37.6. The first-order valence-corrected chi connectivity index (χ1v) is 16.5. The average molecular weight is 721 g/mol. The molecule has 9 aromatic rings. The number of fused-ring (bicyclic) bond motifs is 6. The van der Waals surface area contributed by atoms with Crippen LogP contribution in [0.25, 0.3) is 66.6 Å². The van der Waals surface area contributed by atoms with E-state index in [0.29, 0.717) is 11.4 Å². The van der Waals surface area contributed by atoms with E-state index in [2.05, 4.69) is 30.5 Å². The van der Waals surface area contributed by atoms with E-state index in [1.165, 1.54) is 6.39 Å². The molecule has 5 heterocycles. The molecule has 0 aliphatic rings. The Balaban J connectivity index is 0.000000156. The number of amidine groups is 1. The highest BCUT2D eigenvalue weighted by Crippen LogP contribution is 2.30. The Morgan fingerprint density at radius 2 is 1.15 bits per heavy atom. The van der Waals surface area contributed by atoms with E-state index in [4.69, 9.17) is 25.4 Å². The van der Waals surface area contributed by atoms with Crippen molar-refractivity contribution in [1.82, 2.24) is 28.4 Å². The van der Waals surface area contributed by atoms with Gasteiger partial charge in [-0.05, 0) is 72.8 Å². The highest BCUT2D eigenvalue weighted by atomic mass is 16.5. The molecule has 0 saturated heterocycles. The third-order valence-corrected chi connectivity index (χ3v) is 9.18. The van der Waals surface area contributed by atoms with Crippen molar-refractivity contribution in [3.8, 4) is 22.8 Å². The van der Waals surface area contributed by atoms with Gasteiger partial charge in [0.1, 0.15) is 0 Å². The monoisotopic (exact) mass is 720 g/mol. The highest BCUT2D eigenvalue weighted by Gasteiger charge is 2.16. The minimum Gasteiger partial charge on any atom is -0.483 e. The number of nitrogens with two attached hydrogens (primary N) is 1. The molecule has 14 heteroatoms. The summed E-state index contributed by atoms with van der Waals surface area (Å²) in [4.78, 5) is 37.8. The summed E-state index contributed by atoms with van der Waals surface area (Å²) in [5.41, 5.74) is 14.3. The van der Waals surface area contributed by atoms with Gasteiger partial charge in [-0.1, -0.05) is 46.7 Å². The number of hydrogen-bond acceptors (Lipinski definition) is 8. The van der Waals surface area contributed by atoms with Crippen LogP contribution in [0, 0.1) is 0 Å². The van der Waals surface area contributed by atoms with Gasteiger partial charge in [-0.3, -0.25) is 23.5 Å². The van der Waals surface area contributed by atoms with Gasteiger partial charge in [-0.2, -0.15) is 4.98 Å². The van der Waals surface area contributed by atoms with E-state index >= 15 is 0 Å². The van der Waals surface area contributed by atoms with Gasteiger partial charge < -0.3 is 29.7 Å². The largest absolute Gasteiger partial charge is 0.483 e. The highest BCUT2D eigenvalue weighted by molar-refractivity contribution is 6.07. The van der Waals surface area contributed by atoms with Gasteiger partial charge in [0, 0.05) is 59.5 Å². The van der Waals surface area contributed by atoms with Gasteiger partial charge in [-0.15, -0.1) is 0 Å². The third kappa shape index (κ3) is 6.02. The number of nitrogens with zero attached hydrogens (tertiary/aromatic N) is 7. The van der Waals surface area contributed by atoms with E-state index in [1.54, 1.807) is 45.5 Å². The number of para-hydroxylation sites is 2. The molecule has 4 aromatic carbocycles. The van der Waals surface area contributed by atoms with Gasteiger partial charge in [0.15, 0.2) is 5.84 Å². The smallest absolute Gasteiger partial charge is 0.290 e. The lowest BCUT2D eigenvalue weighted by Gasteiger charge is -2.09. The summed E-state index contributed by atoms with van der Waals surface area (Å²) in [7, 11) is 4.00. The van der Waals surface area contributed by atoms with Crippen LogP contribution in [-0.4, -0.2) is 51.0 Å². The quantitative estimate of drug-likeness (QED) is 0.0663. The van der Waals surface area contributed by atoms with E-state index in [-0.39, 0.29) is 23.4 Å². The number of aryl methyl sites for hydroxylation is 2. The van der Waals surface area contributed by atoms with Crippen LogP contribution in [0.3, 0.4) is 0 Å². The first-order chi connectivity index (χ1) is 26.3. The van der Waals surface area contributed by atoms with E-state index < -0.39 is 0 Å². The fourth-order valence-corrected chi connectivity index (χ4v) is 6.72. The second-order valence-electron chi connectivity index (χ2n) is 12.1. The number of rotatable bonds is 4. The predicted molar refractivity (Wildman–Crippen MR) is 207 cm³/mol. The predicted octanol–water partition coefficient (Wildman–Crippen LogP) is 5.81. The van der Waals surface area contributed by atoms with Crippen LogP contribution in [0.4, 0.5) is 0 Å². The summed E-state index contributed by atoms with van der Waals surface area (Å²) in [6.45, 7) is -0.250. The molecule has 14 nitrogen and oxygen atoms in total. The zero-order chi connectivity index (χ0) is 37.9. The normalized spacial score (nSPS) is 11.3. The van der Waals surface area contributed by atoms with Gasteiger partial charge >= 0.3 is 0 Å². The van der Waals surface area contributed by atoms with Crippen molar-refractivity contribution in [3.05, 3.63) is 154 Å². The minimum atomic E-state index is -0.250. The number of carboxylic acid groups (broad SMARTS) is 1. The van der Waals surface area contributed by atoms with Gasteiger partial charge in [0.05, 0.1) is 33.1 Å². The van der Waals surface area contributed by atoms with Crippen molar-refractivity contribution in [2.45, 2.75) is 0 Å². The Bertz CT molecular complexity index is 2940. The number of oxime groups is 1. The molecule has 0 radical (unpaired) electrons. The molecule has 0 amide bonds. The lowest BCUT2D eigenvalue weighted by molar-refractivity contribution is -0.122. The summed E-state index contributed by atoms with van der Waals surface area (Å²) >= 11 is 0. The molecule has 0 aliphatic carbocycles. The molecule has 0 atom stereocenters. The molecular weight excluding hydrogens is 688 g/mol. The molecule has 0 bridgehead atoms. The number of benzene rings is 4. The molecule has 0 fully saturated rings. The van der Waals surface area contributed by atoms with Crippen molar-refractivity contribution >= 4 is 56.2 Å². The topological polar surface area (TPSA) is 189 Å². The molecule has 54 heavy (non-hydrogen) atoms. The fourth-order valence-electron chi connectivity index (χ4n) is 6.72. The molecule has 9 rings (SSSR count). The molecule has 0 spiro atoms. The fraction of sp³-hybridized carbons (Fsp3) is 0.0500.